The van der Waals surface area contributed by atoms with Crippen LogP contribution in [0.15, 0.2) is 42.5 Å². The fraction of sp³-hybridized carbons (Fsp3) is 0.364. The molecule has 0 bridgehead atoms. The summed E-state index contributed by atoms with van der Waals surface area (Å²) in [6.07, 6.45) is 0. The highest BCUT2D eigenvalue weighted by Gasteiger charge is 2.17. The zero-order valence-electron chi connectivity index (χ0n) is 17.5. The first-order chi connectivity index (χ1) is 14.3. The van der Waals surface area contributed by atoms with Gasteiger partial charge in [0.2, 0.25) is 5.91 Å². The van der Waals surface area contributed by atoms with Gasteiger partial charge in [-0.05, 0) is 50.6 Å². The van der Waals surface area contributed by atoms with Crippen LogP contribution in [0.5, 0.6) is 0 Å². The van der Waals surface area contributed by atoms with E-state index in [1.807, 2.05) is 13.0 Å². The molecule has 3 amide bonds. The number of nitrogens with zero attached hydrogens (tertiary/aromatic N) is 2. The third-order valence-electron chi connectivity index (χ3n) is 4.64. The Balaban J connectivity index is 1.87. The van der Waals surface area contributed by atoms with Crippen LogP contribution in [0.2, 0.25) is 10.0 Å². The molecule has 2 aromatic carbocycles. The Morgan fingerprint density at radius 3 is 2.27 bits per heavy atom. The number of carbonyl (C=O) groups is 2. The first-order valence-corrected chi connectivity index (χ1v) is 10.7. The molecule has 0 aromatic heterocycles. The number of nitrogens with one attached hydrogen (secondary N) is 2. The zero-order chi connectivity index (χ0) is 22.1. The minimum atomic E-state index is -0.364. The van der Waals surface area contributed by atoms with E-state index in [2.05, 4.69) is 47.6 Å². The van der Waals surface area contributed by atoms with Crippen LogP contribution in [0, 0.1) is 6.92 Å². The van der Waals surface area contributed by atoms with Crippen molar-refractivity contribution in [3.63, 3.8) is 0 Å². The van der Waals surface area contributed by atoms with Crippen molar-refractivity contribution in [2.75, 3.05) is 42.9 Å². The Hall–Kier alpha value is -2.44. The van der Waals surface area contributed by atoms with Gasteiger partial charge in [-0.1, -0.05) is 41.4 Å². The number of likely N-dealkylation sites (N-methyl/N-ethyl adjacent to an activating group) is 2. The summed E-state index contributed by atoms with van der Waals surface area (Å²) in [5.74, 6) is -0.364. The minimum absolute atomic E-state index is 0.0980. The minimum Gasteiger partial charge on any atom is -0.370 e. The summed E-state index contributed by atoms with van der Waals surface area (Å²) in [7, 11) is 0. The number of hydrogen-bond donors (Lipinski definition) is 2. The fourth-order valence-corrected chi connectivity index (χ4v) is 3.49. The average Bonchev–Trinajstić information content (AvgIpc) is 2.72. The van der Waals surface area contributed by atoms with Gasteiger partial charge in [-0.15, -0.1) is 0 Å². The molecule has 2 N–H and O–H groups in total. The van der Waals surface area contributed by atoms with Crippen LogP contribution in [-0.2, 0) is 4.79 Å². The Morgan fingerprint density at radius 2 is 1.67 bits per heavy atom. The topological polar surface area (TPSA) is 64.7 Å². The number of hydrogen-bond acceptors (Lipinski definition) is 3. The molecule has 0 saturated carbocycles. The van der Waals surface area contributed by atoms with Gasteiger partial charge in [0.15, 0.2) is 0 Å². The molecule has 2 aromatic rings. The number of urea groups is 1. The van der Waals surface area contributed by atoms with Gasteiger partial charge in [0.05, 0.1) is 15.7 Å². The molecule has 0 aliphatic carbocycles. The van der Waals surface area contributed by atoms with Crippen molar-refractivity contribution in [2.24, 2.45) is 0 Å². The van der Waals surface area contributed by atoms with Crippen LogP contribution >= 0.6 is 23.2 Å². The lowest BCUT2D eigenvalue weighted by atomic mass is 10.2. The molecule has 0 aliphatic rings. The van der Waals surface area contributed by atoms with Gasteiger partial charge in [0.25, 0.3) is 0 Å². The number of anilines is 2. The summed E-state index contributed by atoms with van der Waals surface area (Å²) in [6.45, 7) is 8.22. The highest BCUT2D eigenvalue weighted by Crippen LogP contribution is 2.29. The van der Waals surface area contributed by atoms with E-state index in [9.17, 15) is 9.59 Å². The van der Waals surface area contributed by atoms with Gasteiger partial charge in [0.1, 0.15) is 6.54 Å². The standard InChI is InChI=1S/C22H28Cl2N4O2/c1-4-27(17-9-6-8-16(3)14-17)13-12-25-22(30)28(5-2)15-20(29)26-21-18(23)10-7-11-19(21)24/h6-11,14H,4-5,12-13,15H2,1-3H3,(H,25,30)(H,26,29). The van der Waals surface area contributed by atoms with E-state index >= 15 is 0 Å². The molecule has 0 heterocycles. The third-order valence-corrected chi connectivity index (χ3v) is 5.27. The molecule has 0 atom stereocenters. The molecule has 2 rings (SSSR count). The maximum absolute atomic E-state index is 12.5. The lowest BCUT2D eigenvalue weighted by Crippen LogP contribution is -2.46. The number of aryl methyl sites for hydroxylation is 1. The van der Waals surface area contributed by atoms with E-state index in [4.69, 9.17) is 23.2 Å². The summed E-state index contributed by atoms with van der Waals surface area (Å²) < 4.78 is 0. The number of amides is 3. The van der Waals surface area contributed by atoms with E-state index < -0.39 is 0 Å². The predicted molar refractivity (Wildman–Crippen MR) is 125 cm³/mol. The van der Waals surface area contributed by atoms with Gasteiger partial charge in [-0.2, -0.15) is 0 Å². The summed E-state index contributed by atoms with van der Waals surface area (Å²) >= 11 is 12.2. The molecule has 0 spiro atoms. The van der Waals surface area contributed by atoms with Gasteiger partial charge in [-0.3, -0.25) is 4.79 Å². The third kappa shape index (κ3) is 6.82. The molecule has 0 radical (unpaired) electrons. The lowest BCUT2D eigenvalue weighted by molar-refractivity contribution is -0.116. The van der Waals surface area contributed by atoms with Crippen LogP contribution in [0.4, 0.5) is 16.2 Å². The van der Waals surface area contributed by atoms with E-state index in [-0.39, 0.29) is 18.5 Å². The van der Waals surface area contributed by atoms with E-state index in [0.29, 0.717) is 35.4 Å². The van der Waals surface area contributed by atoms with Gasteiger partial charge >= 0.3 is 6.03 Å². The van der Waals surface area contributed by atoms with Crippen LogP contribution in [0.25, 0.3) is 0 Å². The number of carbonyl (C=O) groups excluding carboxylic acids is 2. The maximum atomic E-state index is 12.5. The fourth-order valence-electron chi connectivity index (χ4n) is 3.00. The summed E-state index contributed by atoms with van der Waals surface area (Å²) in [5.41, 5.74) is 2.66. The first-order valence-electron chi connectivity index (χ1n) is 9.94. The molecule has 6 nitrogen and oxygen atoms in total. The van der Waals surface area contributed by atoms with Gasteiger partial charge in [0, 0.05) is 31.9 Å². The molecule has 8 heteroatoms. The van der Waals surface area contributed by atoms with Crippen molar-refractivity contribution in [1.29, 1.82) is 0 Å². The maximum Gasteiger partial charge on any atom is 0.317 e. The predicted octanol–water partition coefficient (Wildman–Crippen LogP) is 4.80. The summed E-state index contributed by atoms with van der Waals surface area (Å²) in [6, 6.07) is 12.9. The second kappa shape index (κ2) is 11.7. The van der Waals surface area contributed by atoms with Gasteiger partial charge < -0.3 is 20.4 Å². The number of rotatable bonds is 9. The molecule has 0 aliphatic heterocycles. The zero-order valence-corrected chi connectivity index (χ0v) is 19.1. The Kier molecular flexibility index (Phi) is 9.27. The number of para-hydroxylation sites is 1. The summed E-state index contributed by atoms with van der Waals surface area (Å²) in [5, 5.41) is 6.26. The van der Waals surface area contributed by atoms with Crippen LogP contribution in [0.3, 0.4) is 0 Å². The van der Waals surface area contributed by atoms with Crippen LogP contribution < -0.4 is 15.5 Å². The first kappa shape index (κ1) is 23.8. The van der Waals surface area contributed by atoms with E-state index in [0.717, 1.165) is 12.2 Å². The van der Waals surface area contributed by atoms with Crippen molar-refractivity contribution < 1.29 is 9.59 Å². The second-order valence-electron chi connectivity index (χ2n) is 6.81. The quantitative estimate of drug-likeness (QED) is 0.576. The Morgan fingerprint density at radius 1 is 1.00 bits per heavy atom. The highest BCUT2D eigenvalue weighted by molar-refractivity contribution is 6.39. The number of halogens is 2. The smallest absolute Gasteiger partial charge is 0.317 e. The van der Waals surface area contributed by atoms with E-state index in [1.54, 1.807) is 18.2 Å². The van der Waals surface area contributed by atoms with Crippen molar-refractivity contribution in [3.05, 3.63) is 58.1 Å². The molecule has 0 saturated heterocycles. The van der Waals surface area contributed by atoms with Crippen molar-refractivity contribution >= 4 is 46.5 Å². The Bertz CT molecular complexity index is 856. The lowest BCUT2D eigenvalue weighted by Gasteiger charge is -2.25. The molecule has 30 heavy (non-hydrogen) atoms. The molecule has 0 unspecified atom stereocenters. The average molecular weight is 451 g/mol. The van der Waals surface area contributed by atoms with Gasteiger partial charge in [-0.25, -0.2) is 4.79 Å². The monoisotopic (exact) mass is 450 g/mol. The molecular weight excluding hydrogens is 423 g/mol. The van der Waals surface area contributed by atoms with Crippen molar-refractivity contribution in [2.45, 2.75) is 20.8 Å². The van der Waals surface area contributed by atoms with Crippen LogP contribution in [-0.4, -0.2) is 49.6 Å². The van der Waals surface area contributed by atoms with Crippen molar-refractivity contribution in [3.8, 4) is 0 Å². The Labute approximate surface area is 188 Å². The SMILES string of the molecule is CCN(CC(=O)Nc1c(Cl)cccc1Cl)C(=O)NCCN(CC)c1cccc(C)c1. The van der Waals surface area contributed by atoms with Crippen LogP contribution in [0.1, 0.15) is 19.4 Å². The molecular formula is C22H28Cl2N4O2. The summed E-state index contributed by atoms with van der Waals surface area (Å²) in [4.78, 5) is 28.5. The number of benzene rings is 2. The highest BCUT2D eigenvalue weighted by atomic mass is 35.5. The molecule has 162 valence electrons. The largest absolute Gasteiger partial charge is 0.370 e. The van der Waals surface area contributed by atoms with Crippen molar-refractivity contribution in [1.82, 2.24) is 10.2 Å². The second-order valence-corrected chi connectivity index (χ2v) is 7.62. The van der Waals surface area contributed by atoms with E-state index in [1.165, 1.54) is 10.5 Å². The normalized spacial score (nSPS) is 10.4. The molecule has 0 fully saturated rings.